The SMILES string of the molecule is CCN1CCN(C2CCCCCC2NC)CC1C. The summed E-state index contributed by atoms with van der Waals surface area (Å²) in [5, 5.41) is 3.58. The van der Waals surface area contributed by atoms with Crippen molar-refractivity contribution in [2.75, 3.05) is 33.2 Å². The lowest BCUT2D eigenvalue weighted by molar-refractivity contribution is 0.0441. The molecule has 1 saturated carbocycles. The highest BCUT2D eigenvalue weighted by molar-refractivity contribution is 4.90. The monoisotopic (exact) mass is 253 g/mol. The molecular formula is C15H31N3. The second kappa shape index (κ2) is 6.88. The summed E-state index contributed by atoms with van der Waals surface area (Å²) < 4.78 is 0. The third-order valence-corrected chi connectivity index (χ3v) is 5.02. The van der Waals surface area contributed by atoms with Crippen molar-refractivity contribution in [3.05, 3.63) is 0 Å². The first-order valence-corrected chi connectivity index (χ1v) is 7.91. The highest BCUT2D eigenvalue weighted by Crippen LogP contribution is 2.24. The van der Waals surface area contributed by atoms with Crippen LogP contribution in [0.5, 0.6) is 0 Å². The van der Waals surface area contributed by atoms with Gasteiger partial charge in [-0.15, -0.1) is 0 Å². The normalized spacial score (nSPS) is 36.5. The summed E-state index contributed by atoms with van der Waals surface area (Å²) in [7, 11) is 2.15. The minimum atomic E-state index is 0.716. The molecule has 0 spiro atoms. The summed E-state index contributed by atoms with van der Waals surface area (Å²) in [4.78, 5) is 5.38. The largest absolute Gasteiger partial charge is 0.315 e. The number of rotatable bonds is 3. The number of piperazine rings is 1. The van der Waals surface area contributed by atoms with Gasteiger partial charge < -0.3 is 5.32 Å². The molecule has 3 unspecified atom stereocenters. The number of likely N-dealkylation sites (N-methyl/N-ethyl adjacent to an activating group) is 2. The van der Waals surface area contributed by atoms with Crippen LogP contribution in [0.4, 0.5) is 0 Å². The molecule has 106 valence electrons. The molecule has 1 aliphatic heterocycles. The molecule has 0 bridgehead atoms. The molecule has 1 N–H and O–H groups in total. The molecule has 0 radical (unpaired) electrons. The molecule has 0 aromatic rings. The molecule has 18 heavy (non-hydrogen) atoms. The van der Waals surface area contributed by atoms with Crippen molar-refractivity contribution in [1.82, 2.24) is 15.1 Å². The van der Waals surface area contributed by atoms with E-state index in [1.54, 1.807) is 0 Å². The van der Waals surface area contributed by atoms with E-state index in [1.807, 2.05) is 0 Å². The molecule has 1 saturated heterocycles. The van der Waals surface area contributed by atoms with Crippen LogP contribution < -0.4 is 5.32 Å². The predicted molar refractivity (Wildman–Crippen MR) is 78.0 cm³/mol. The van der Waals surface area contributed by atoms with E-state index in [1.165, 1.54) is 58.3 Å². The Morgan fingerprint density at radius 3 is 2.56 bits per heavy atom. The van der Waals surface area contributed by atoms with Crippen LogP contribution in [0, 0.1) is 0 Å². The molecule has 2 aliphatic rings. The van der Waals surface area contributed by atoms with E-state index in [4.69, 9.17) is 0 Å². The van der Waals surface area contributed by atoms with E-state index in [-0.39, 0.29) is 0 Å². The van der Waals surface area contributed by atoms with Crippen molar-refractivity contribution < 1.29 is 0 Å². The third-order valence-electron chi connectivity index (χ3n) is 5.02. The van der Waals surface area contributed by atoms with Gasteiger partial charge in [-0.25, -0.2) is 0 Å². The molecule has 3 nitrogen and oxygen atoms in total. The van der Waals surface area contributed by atoms with Crippen LogP contribution >= 0.6 is 0 Å². The molecule has 2 rings (SSSR count). The summed E-state index contributed by atoms with van der Waals surface area (Å²) in [6.45, 7) is 9.66. The van der Waals surface area contributed by atoms with Gasteiger partial charge in [0.15, 0.2) is 0 Å². The molecule has 1 heterocycles. The van der Waals surface area contributed by atoms with E-state index >= 15 is 0 Å². The molecule has 0 aromatic carbocycles. The van der Waals surface area contributed by atoms with Crippen LogP contribution in [0.2, 0.25) is 0 Å². The van der Waals surface area contributed by atoms with Crippen LogP contribution in [-0.2, 0) is 0 Å². The topological polar surface area (TPSA) is 18.5 Å². The van der Waals surface area contributed by atoms with Crippen LogP contribution in [-0.4, -0.2) is 61.2 Å². The zero-order chi connectivity index (χ0) is 13.0. The Morgan fingerprint density at radius 2 is 1.89 bits per heavy atom. The van der Waals surface area contributed by atoms with Crippen LogP contribution in [0.25, 0.3) is 0 Å². The standard InChI is InChI=1S/C15H31N3/c1-4-17-10-11-18(12-13(17)2)15-9-7-5-6-8-14(15)16-3/h13-16H,4-12H2,1-3H3. The number of nitrogens with one attached hydrogen (secondary N) is 1. The van der Waals surface area contributed by atoms with Gasteiger partial charge in [0.05, 0.1) is 0 Å². The maximum atomic E-state index is 3.58. The Balaban J connectivity index is 1.96. The zero-order valence-electron chi connectivity index (χ0n) is 12.5. The molecule has 0 amide bonds. The van der Waals surface area contributed by atoms with Gasteiger partial charge in [0.25, 0.3) is 0 Å². The summed E-state index contributed by atoms with van der Waals surface area (Å²) in [5.41, 5.74) is 0. The maximum absolute atomic E-state index is 3.58. The van der Waals surface area contributed by atoms with E-state index in [0.29, 0.717) is 6.04 Å². The first kappa shape index (κ1) is 14.3. The van der Waals surface area contributed by atoms with Crippen molar-refractivity contribution in [3.8, 4) is 0 Å². The molecule has 3 atom stereocenters. The molecule has 3 heteroatoms. The van der Waals surface area contributed by atoms with E-state index in [0.717, 1.165) is 12.1 Å². The van der Waals surface area contributed by atoms with E-state index in [9.17, 15) is 0 Å². The fourth-order valence-electron chi connectivity index (χ4n) is 3.86. The maximum Gasteiger partial charge on any atom is 0.0250 e. The quantitative estimate of drug-likeness (QED) is 0.776. The Labute approximate surface area is 113 Å². The summed E-state index contributed by atoms with van der Waals surface area (Å²) in [5.74, 6) is 0. The van der Waals surface area contributed by atoms with Gasteiger partial charge in [0, 0.05) is 37.8 Å². The lowest BCUT2D eigenvalue weighted by Gasteiger charge is -2.45. The Hall–Kier alpha value is -0.120. The predicted octanol–water partition coefficient (Wildman–Crippen LogP) is 1.93. The fourth-order valence-corrected chi connectivity index (χ4v) is 3.86. The van der Waals surface area contributed by atoms with Gasteiger partial charge in [-0.3, -0.25) is 9.80 Å². The second-order valence-electron chi connectivity index (χ2n) is 6.07. The number of hydrogen-bond donors (Lipinski definition) is 1. The first-order chi connectivity index (χ1) is 8.76. The highest BCUT2D eigenvalue weighted by Gasteiger charge is 2.32. The van der Waals surface area contributed by atoms with Gasteiger partial charge in [-0.2, -0.15) is 0 Å². The Morgan fingerprint density at radius 1 is 1.11 bits per heavy atom. The second-order valence-corrected chi connectivity index (χ2v) is 6.07. The summed E-state index contributed by atoms with van der Waals surface area (Å²) >= 11 is 0. The van der Waals surface area contributed by atoms with E-state index < -0.39 is 0 Å². The van der Waals surface area contributed by atoms with Crippen molar-refractivity contribution in [2.24, 2.45) is 0 Å². The van der Waals surface area contributed by atoms with Crippen molar-refractivity contribution in [3.63, 3.8) is 0 Å². The third kappa shape index (κ3) is 3.25. The van der Waals surface area contributed by atoms with Crippen LogP contribution in [0.3, 0.4) is 0 Å². The average molecular weight is 253 g/mol. The summed E-state index contributed by atoms with van der Waals surface area (Å²) in [6, 6.07) is 2.22. The van der Waals surface area contributed by atoms with Gasteiger partial charge in [-0.05, 0) is 33.4 Å². The van der Waals surface area contributed by atoms with E-state index in [2.05, 4.69) is 36.0 Å². The number of hydrogen-bond acceptors (Lipinski definition) is 3. The molecule has 1 aliphatic carbocycles. The Kier molecular flexibility index (Phi) is 5.46. The lowest BCUT2D eigenvalue weighted by atomic mass is 9.99. The first-order valence-electron chi connectivity index (χ1n) is 7.91. The average Bonchev–Trinajstić information content (AvgIpc) is 2.63. The van der Waals surface area contributed by atoms with Gasteiger partial charge in [0.2, 0.25) is 0 Å². The van der Waals surface area contributed by atoms with Gasteiger partial charge in [0.1, 0.15) is 0 Å². The van der Waals surface area contributed by atoms with Gasteiger partial charge in [-0.1, -0.05) is 26.2 Å². The fraction of sp³-hybridized carbons (Fsp3) is 1.00. The zero-order valence-corrected chi connectivity index (χ0v) is 12.5. The minimum Gasteiger partial charge on any atom is -0.315 e. The lowest BCUT2D eigenvalue weighted by Crippen LogP contribution is -2.58. The minimum absolute atomic E-state index is 0.716. The van der Waals surface area contributed by atoms with Crippen molar-refractivity contribution in [2.45, 2.75) is 64.1 Å². The van der Waals surface area contributed by atoms with Crippen LogP contribution in [0.1, 0.15) is 46.0 Å². The summed E-state index contributed by atoms with van der Waals surface area (Å²) in [6.07, 6.45) is 7.02. The molecule has 2 fully saturated rings. The highest BCUT2D eigenvalue weighted by atomic mass is 15.3. The Bertz CT molecular complexity index is 244. The number of nitrogens with zero attached hydrogens (tertiary/aromatic N) is 2. The van der Waals surface area contributed by atoms with Crippen molar-refractivity contribution in [1.29, 1.82) is 0 Å². The molecule has 0 aromatic heterocycles. The smallest absolute Gasteiger partial charge is 0.0250 e. The van der Waals surface area contributed by atoms with Crippen molar-refractivity contribution >= 4 is 0 Å². The van der Waals surface area contributed by atoms with Gasteiger partial charge >= 0.3 is 0 Å². The molecular weight excluding hydrogens is 222 g/mol. The van der Waals surface area contributed by atoms with Crippen LogP contribution in [0.15, 0.2) is 0 Å².